The number of para-hydroxylation sites is 1. The van der Waals surface area contributed by atoms with Crippen molar-refractivity contribution in [1.29, 1.82) is 0 Å². The second-order valence-electron chi connectivity index (χ2n) is 8.73. The number of benzene rings is 3. The summed E-state index contributed by atoms with van der Waals surface area (Å²) in [5, 5.41) is 12.9. The Morgan fingerprint density at radius 3 is 2.69 bits per heavy atom. The zero-order valence-corrected chi connectivity index (χ0v) is 19.1. The van der Waals surface area contributed by atoms with Gasteiger partial charge in [-0.1, -0.05) is 60.2 Å². The predicted molar refractivity (Wildman–Crippen MR) is 135 cm³/mol. The van der Waals surface area contributed by atoms with Crippen LogP contribution >= 0.6 is 0 Å². The maximum atomic E-state index is 12.3. The van der Waals surface area contributed by atoms with E-state index < -0.39 is 5.91 Å². The lowest BCUT2D eigenvalue weighted by Crippen LogP contribution is -2.15. The molecule has 7 nitrogen and oxygen atoms in total. The highest BCUT2D eigenvalue weighted by Gasteiger charge is 2.29. The standard InChI is InChI=1S/C28H23N5O2/c1-16-9-11-17(12-10-16)15-35-19-6-4-5-18(13-19)25-21-14-30-28-24(21)23(26(27(29)34)32-33-28)20-7-2-3-8-22(20)31-25/h2-14,25,31H,15H2,1H3,(H2,29,34)(H,30,33). The third kappa shape index (κ3) is 3.67. The number of fused-ring (bicyclic) bond motifs is 2. The van der Waals surface area contributed by atoms with E-state index >= 15 is 0 Å². The molecule has 2 aromatic heterocycles. The van der Waals surface area contributed by atoms with Crippen LogP contribution in [0.25, 0.3) is 22.2 Å². The van der Waals surface area contributed by atoms with Crippen LogP contribution in [0.5, 0.6) is 5.75 Å². The minimum atomic E-state index is -0.610. The van der Waals surface area contributed by atoms with Crippen LogP contribution < -0.4 is 15.8 Å². The number of amides is 1. The summed E-state index contributed by atoms with van der Waals surface area (Å²) in [7, 11) is 0. The summed E-state index contributed by atoms with van der Waals surface area (Å²) in [6, 6.07) is 24.0. The first-order valence-electron chi connectivity index (χ1n) is 11.4. The molecule has 0 saturated carbocycles. The zero-order chi connectivity index (χ0) is 23.9. The Hall–Kier alpha value is -4.65. The van der Waals surface area contributed by atoms with Gasteiger partial charge in [0.2, 0.25) is 0 Å². The van der Waals surface area contributed by atoms with Crippen molar-refractivity contribution in [2.24, 2.45) is 5.73 Å². The molecule has 1 aliphatic heterocycles. The summed E-state index contributed by atoms with van der Waals surface area (Å²) in [5.41, 5.74) is 13.2. The predicted octanol–water partition coefficient (Wildman–Crippen LogP) is 5.13. The number of nitrogens with zero attached hydrogens (tertiary/aromatic N) is 2. The van der Waals surface area contributed by atoms with E-state index in [-0.39, 0.29) is 11.7 Å². The molecule has 3 heterocycles. The third-order valence-corrected chi connectivity index (χ3v) is 6.38. The van der Waals surface area contributed by atoms with Crippen LogP contribution in [0, 0.1) is 6.92 Å². The van der Waals surface area contributed by atoms with Gasteiger partial charge < -0.3 is 20.8 Å². The van der Waals surface area contributed by atoms with E-state index in [1.54, 1.807) is 0 Å². The van der Waals surface area contributed by atoms with Crippen molar-refractivity contribution < 1.29 is 9.53 Å². The number of carbonyl (C=O) groups excluding carboxylic acids is 1. The number of hydrogen-bond acceptors (Lipinski definition) is 5. The Balaban J connectivity index is 1.44. The summed E-state index contributed by atoms with van der Waals surface area (Å²) in [5.74, 6) is 0.168. The van der Waals surface area contributed by atoms with Gasteiger partial charge in [0.05, 0.1) is 6.04 Å². The molecule has 1 aliphatic rings. The van der Waals surface area contributed by atoms with Gasteiger partial charge in [0.15, 0.2) is 11.3 Å². The Morgan fingerprint density at radius 2 is 1.86 bits per heavy atom. The van der Waals surface area contributed by atoms with E-state index in [4.69, 9.17) is 10.5 Å². The van der Waals surface area contributed by atoms with E-state index in [9.17, 15) is 4.79 Å². The highest BCUT2D eigenvalue weighted by Crippen LogP contribution is 2.44. The fraction of sp³-hybridized carbons (Fsp3) is 0.107. The number of aryl methyl sites for hydroxylation is 1. The molecule has 0 fully saturated rings. The lowest BCUT2D eigenvalue weighted by molar-refractivity contribution is 0.0995. The van der Waals surface area contributed by atoms with Crippen LogP contribution in [-0.4, -0.2) is 21.1 Å². The van der Waals surface area contributed by atoms with Crippen LogP contribution in [0.2, 0.25) is 0 Å². The van der Waals surface area contributed by atoms with Crippen LogP contribution in [-0.2, 0) is 6.61 Å². The lowest BCUT2D eigenvalue weighted by atomic mass is 9.95. The summed E-state index contributed by atoms with van der Waals surface area (Å²) >= 11 is 0. The molecule has 1 amide bonds. The molecule has 0 spiro atoms. The van der Waals surface area contributed by atoms with E-state index in [0.717, 1.165) is 39.1 Å². The molecule has 1 unspecified atom stereocenters. The quantitative estimate of drug-likeness (QED) is 0.337. The number of nitrogens with one attached hydrogen (secondary N) is 2. The van der Waals surface area contributed by atoms with Crippen LogP contribution in [0.15, 0.2) is 79.0 Å². The number of carbonyl (C=O) groups is 1. The smallest absolute Gasteiger partial charge is 0.269 e. The molecule has 6 rings (SSSR count). The van der Waals surface area contributed by atoms with E-state index in [2.05, 4.69) is 57.8 Å². The van der Waals surface area contributed by atoms with Crippen LogP contribution in [0.3, 0.4) is 0 Å². The van der Waals surface area contributed by atoms with Crippen LogP contribution in [0.1, 0.15) is 38.8 Å². The molecule has 172 valence electrons. The van der Waals surface area contributed by atoms with E-state index in [1.807, 2.05) is 48.7 Å². The second-order valence-corrected chi connectivity index (χ2v) is 8.73. The number of nitrogens with two attached hydrogens (primary N) is 1. The van der Waals surface area contributed by atoms with Gasteiger partial charge in [-0.15, -0.1) is 10.2 Å². The summed E-state index contributed by atoms with van der Waals surface area (Å²) in [6.07, 6.45) is 1.91. The van der Waals surface area contributed by atoms with Gasteiger partial charge in [-0.25, -0.2) is 0 Å². The Kier molecular flexibility index (Phi) is 4.95. The largest absolute Gasteiger partial charge is 0.489 e. The van der Waals surface area contributed by atoms with Gasteiger partial charge in [-0.05, 0) is 36.2 Å². The molecule has 4 N–H and O–H groups in total. The van der Waals surface area contributed by atoms with Crippen molar-refractivity contribution in [3.8, 4) is 16.9 Å². The van der Waals surface area contributed by atoms with Gasteiger partial charge in [0, 0.05) is 34.0 Å². The Bertz CT molecular complexity index is 1570. The normalized spacial score (nSPS) is 14.1. The number of H-pyrrole nitrogens is 1. The molecular formula is C28H23N5O2. The minimum Gasteiger partial charge on any atom is -0.489 e. The third-order valence-electron chi connectivity index (χ3n) is 6.38. The van der Waals surface area contributed by atoms with Crippen molar-refractivity contribution in [1.82, 2.24) is 15.2 Å². The molecule has 0 saturated heterocycles. The van der Waals surface area contributed by atoms with Crippen LogP contribution in [0.4, 0.5) is 5.69 Å². The first-order chi connectivity index (χ1) is 17.1. The second kappa shape index (κ2) is 8.29. The lowest BCUT2D eigenvalue weighted by Gasteiger charge is -2.20. The fourth-order valence-electron chi connectivity index (χ4n) is 4.66. The van der Waals surface area contributed by atoms with Gasteiger partial charge in [-0.2, -0.15) is 0 Å². The van der Waals surface area contributed by atoms with Crippen molar-refractivity contribution in [2.45, 2.75) is 19.6 Å². The van der Waals surface area contributed by atoms with E-state index in [0.29, 0.717) is 17.8 Å². The summed E-state index contributed by atoms with van der Waals surface area (Å²) in [6.45, 7) is 2.56. The SMILES string of the molecule is Cc1ccc(COc2cccc(C3Nc4ccccc4-c4c(C(N)=O)nnc5[nH]cc3c45)c2)cc1. The topological polar surface area (TPSA) is 106 Å². The fourth-order valence-corrected chi connectivity index (χ4v) is 4.66. The maximum absolute atomic E-state index is 12.3. The van der Waals surface area contributed by atoms with Gasteiger partial charge in [0.1, 0.15) is 12.4 Å². The van der Waals surface area contributed by atoms with E-state index in [1.165, 1.54) is 5.56 Å². The monoisotopic (exact) mass is 461 g/mol. The zero-order valence-electron chi connectivity index (χ0n) is 19.1. The minimum absolute atomic E-state index is 0.156. The molecular weight excluding hydrogens is 438 g/mol. The number of anilines is 1. The summed E-state index contributed by atoms with van der Waals surface area (Å²) < 4.78 is 6.12. The molecule has 3 aromatic carbocycles. The van der Waals surface area contributed by atoms with Crippen molar-refractivity contribution in [3.63, 3.8) is 0 Å². The number of rotatable bonds is 5. The number of ether oxygens (including phenoxy) is 1. The number of hydrogen-bond donors (Lipinski definition) is 3. The highest BCUT2D eigenvalue weighted by atomic mass is 16.5. The number of aromatic amines is 1. The molecule has 0 aliphatic carbocycles. The highest BCUT2D eigenvalue weighted by molar-refractivity contribution is 6.10. The average molecular weight is 462 g/mol. The van der Waals surface area contributed by atoms with Crippen molar-refractivity contribution in [3.05, 3.63) is 107 Å². The molecule has 7 heteroatoms. The van der Waals surface area contributed by atoms with Gasteiger partial charge in [0.25, 0.3) is 5.91 Å². The summed E-state index contributed by atoms with van der Waals surface area (Å²) in [4.78, 5) is 15.5. The van der Waals surface area contributed by atoms with Gasteiger partial charge in [-0.3, -0.25) is 4.79 Å². The molecule has 35 heavy (non-hydrogen) atoms. The van der Waals surface area contributed by atoms with Gasteiger partial charge >= 0.3 is 0 Å². The molecule has 0 radical (unpaired) electrons. The molecule has 1 atom stereocenters. The van der Waals surface area contributed by atoms with Crippen molar-refractivity contribution >= 4 is 22.6 Å². The molecule has 0 bridgehead atoms. The van der Waals surface area contributed by atoms with Crippen molar-refractivity contribution in [2.75, 3.05) is 5.32 Å². The Morgan fingerprint density at radius 1 is 1.03 bits per heavy atom. The first-order valence-corrected chi connectivity index (χ1v) is 11.4. The Labute approximate surface area is 202 Å². The maximum Gasteiger partial charge on any atom is 0.269 e. The number of aromatic nitrogens is 3. The average Bonchev–Trinajstić information content (AvgIpc) is 3.24. The number of primary amides is 1. The molecule has 5 aromatic rings. The first kappa shape index (κ1) is 20.9.